The maximum atomic E-state index is 6.36. The second-order valence-corrected chi connectivity index (χ2v) is 6.99. The molecule has 112 valence electrons. The van der Waals surface area contributed by atoms with Crippen molar-refractivity contribution in [3.05, 3.63) is 33.8 Å². The quantitative estimate of drug-likeness (QED) is 0.891. The number of benzene rings is 1. The van der Waals surface area contributed by atoms with Gasteiger partial charge in [0.15, 0.2) is 0 Å². The molecule has 3 atom stereocenters. The van der Waals surface area contributed by atoms with Gasteiger partial charge in [-0.1, -0.05) is 43.1 Å². The molecule has 1 aromatic carbocycles. The Morgan fingerprint density at radius 3 is 2.55 bits per heavy atom. The number of hydrogen-bond acceptors (Lipinski definition) is 2. The van der Waals surface area contributed by atoms with Crippen molar-refractivity contribution in [3.63, 3.8) is 0 Å². The molecular weight excluding hydrogens is 291 g/mol. The molecule has 1 fully saturated rings. The molecule has 1 saturated heterocycles. The summed E-state index contributed by atoms with van der Waals surface area (Å²) in [6.07, 6.45) is 0. The highest BCUT2D eigenvalue weighted by molar-refractivity contribution is 6.35. The summed E-state index contributed by atoms with van der Waals surface area (Å²) in [4.78, 5) is 2.54. The van der Waals surface area contributed by atoms with Gasteiger partial charge in [0.2, 0.25) is 0 Å². The van der Waals surface area contributed by atoms with Gasteiger partial charge in [0, 0.05) is 41.3 Å². The molecule has 0 aromatic heterocycles. The van der Waals surface area contributed by atoms with Gasteiger partial charge in [0.05, 0.1) is 0 Å². The van der Waals surface area contributed by atoms with Gasteiger partial charge in [0.1, 0.15) is 0 Å². The second kappa shape index (κ2) is 6.65. The van der Waals surface area contributed by atoms with Gasteiger partial charge in [-0.3, -0.25) is 4.90 Å². The Morgan fingerprint density at radius 1 is 1.25 bits per heavy atom. The molecule has 3 unspecified atom stereocenters. The zero-order chi connectivity index (χ0) is 14.9. The number of nitrogens with zero attached hydrogens (tertiary/aromatic N) is 1. The van der Waals surface area contributed by atoms with E-state index in [1.807, 2.05) is 12.1 Å². The lowest BCUT2D eigenvalue weighted by Crippen LogP contribution is -2.57. The predicted molar refractivity (Wildman–Crippen MR) is 87.7 cm³/mol. The molecule has 1 aliphatic heterocycles. The standard InChI is InChI=1S/C16H24Cl2N2/c1-10(2)16-9-20(11(3)8-19-16)12(4)14-6-5-13(17)7-15(14)18/h5-7,10-12,16,19H,8-9H2,1-4H3. The molecule has 4 heteroatoms. The Bertz CT molecular complexity index is 462. The van der Waals surface area contributed by atoms with Crippen LogP contribution in [-0.4, -0.2) is 30.1 Å². The molecule has 1 aliphatic rings. The first-order valence-electron chi connectivity index (χ1n) is 7.34. The lowest BCUT2D eigenvalue weighted by Gasteiger charge is -2.44. The number of rotatable bonds is 3. The summed E-state index contributed by atoms with van der Waals surface area (Å²) < 4.78 is 0. The molecule has 20 heavy (non-hydrogen) atoms. The molecule has 0 radical (unpaired) electrons. The Balaban J connectivity index is 2.19. The number of nitrogens with one attached hydrogen (secondary N) is 1. The van der Waals surface area contributed by atoms with E-state index < -0.39 is 0 Å². The summed E-state index contributed by atoms with van der Waals surface area (Å²) >= 11 is 12.4. The Hall–Kier alpha value is -0.280. The van der Waals surface area contributed by atoms with Crippen molar-refractivity contribution in [2.75, 3.05) is 13.1 Å². The average molecular weight is 315 g/mol. The number of halogens is 2. The van der Waals surface area contributed by atoms with Gasteiger partial charge in [-0.05, 0) is 37.5 Å². The van der Waals surface area contributed by atoms with Crippen LogP contribution in [0.25, 0.3) is 0 Å². The van der Waals surface area contributed by atoms with E-state index in [-0.39, 0.29) is 0 Å². The average Bonchev–Trinajstić information content (AvgIpc) is 2.38. The maximum absolute atomic E-state index is 6.36. The summed E-state index contributed by atoms with van der Waals surface area (Å²) in [7, 11) is 0. The van der Waals surface area contributed by atoms with Crippen LogP contribution in [0.15, 0.2) is 18.2 Å². The number of piperazine rings is 1. The van der Waals surface area contributed by atoms with Gasteiger partial charge < -0.3 is 5.32 Å². The van der Waals surface area contributed by atoms with Crippen LogP contribution in [0, 0.1) is 5.92 Å². The van der Waals surface area contributed by atoms with Crippen molar-refractivity contribution in [2.24, 2.45) is 5.92 Å². The van der Waals surface area contributed by atoms with E-state index in [9.17, 15) is 0 Å². The fraction of sp³-hybridized carbons (Fsp3) is 0.625. The fourth-order valence-corrected chi connectivity index (χ4v) is 3.48. The third-order valence-electron chi connectivity index (χ3n) is 4.36. The smallest absolute Gasteiger partial charge is 0.0468 e. The molecular formula is C16H24Cl2N2. The van der Waals surface area contributed by atoms with Crippen LogP contribution in [0.5, 0.6) is 0 Å². The van der Waals surface area contributed by atoms with Crippen molar-refractivity contribution < 1.29 is 0 Å². The van der Waals surface area contributed by atoms with Crippen molar-refractivity contribution in [2.45, 2.75) is 45.8 Å². The number of hydrogen-bond donors (Lipinski definition) is 1. The van der Waals surface area contributed by atoms with Crippen LogP contribution in [0.4, 0.5) is 0 Å². The second-order valence-electron chi connectivity index (χ2n) is 6.15. The molecule has 1 heterocycles. The van der Waals surface area contributed by atoms with Crippen molar-refractivity contribution in [1.82, 2.24) is 10.2 Å². The van der Waals surface area contributed by atoms with Gasteiger partial charge in [-0.2, -0.15) is 0 Å². The topological polar surface area (TPSA) is 15.3 Å². The molecule has 0 spiro atoms. The normalized spacial score (nSPS) is 25.9. The highest BCUT2D eigenvalue weighted by Crippen LogP contribution is 2.32. The first kappa shape index (κ1) is 16.1. The third kappa shape index (κ3) is 3.48. The van der Waals surface area contributed by atoms with Crippen molar-refractivity contribution in [3.8, 4) is 0 Å². The summed E-state index contributed by atoms with van der Waals surface area (Å²) in [5, 5.41) is 5.09. The van der Waals surface area contributed by atoms with Crippen LogP contribution in [0.3, 0.4) is 0 Å². The Labute approximate surface area is 132 Å². The van der Waals surface area contributed by atoms with Crippen LogP contribution in [0.1, 0.15) is 39.3 Å². The molecule has 1 aromatic rings. The van der Waals surface area contributed by atoms with Gasteiger partial charge in [0.25, 0.3) is 0 Å². The Morgan fingerprint density at radius 2 is 1.95 bits per heavy atom. The summed E-state index contributed by atoms with van der Waals surface area (Å²) in [5.41, 5.74) is 1.16. The summed E-state index contributed by atoms with van der Waals surface area (Å²) in [6.45, 7) is 11.1. The first-order chi connectivity index (χ1) is 9.40. The van der Waals surface area contributed by atoms with Crippen molar-refractivity contribution >= 4 is 23.2 Å². The largest absolute Gasteiger partial charge is 0.311 e. The summed E-state index contributed by atoms with van der Waals surface area (Å²) in [6, 6.07) is 7.16. The minimum absolute atomic E-state index is 0.304. The van der Waals surface area contributed by atoms with E-state index >= 15 is 0 Å². The van der Waals surface area contributed by atoms with E-state index in [0.717, 1.165) is 23.7 Å². The zero-order valence-corrected chi connectivity index (χ0v) is 14.2. The molecule has 0 bridgehead atoms. The monoisotopic (exact) mass is 314 g/mol. The lowest BCUT2D eigenvalue weighted by atomic mass is 9.96. The zero-order valence-electron chi connectivity index (χ0n) is 12.7. The lowest BCUT2D eigenvalue weighted by molar-refractivity contribution is 0.0852. The first-order valence-corrected chi connectivity index (χ1v) is 8.09. The molecule has 2 nitrogen and oxygen atoms in total. The third-order valence-corrected chi connectivity index (χ3v) is 4.93. The minimum Gasteiger partial charge on any atom is -0.311 e. The molecule has 2 rings (SSSR count). The van der Waals surface area contributed by atoms with E-state index in [0.29, 0.717) is 29.1 Å². The minimum atomic E-state index is 0.304. The van der Waals surface area contributed by atoms with E-state index in [1.165, 1.54) is 0 Å². The van der Waals surface area contributed by atoms with Gasteiger partial charge in [-0.15, -0.1) is 0 Å². The van der Waals surface area contributed by atoms with Crippen molar-refractivity contribution in [1.29, 1.82) is 0 Å². The molecule has 0 saturated carbocycles. The highest BCUT2D eigenvalue weighted by Gasteiger charge is 2.30. The van der Waals surface area contributed by atoms with Crippen LogP contribution >= 0.6 is 23.2 Å². The molecule has 1 N–H and O–H groups in total. The van der Waals surface area contributed by atoms with E-state index in [2.05, 4.69) is 44.0 Å². The predicted octanol–water partition coefficient (Wildman–Crippen LogP) is 4.37. The van der Waals surface area contributed by atoms with E-state index in [4.69, 9.17) is 23.2 Å². The molecule has 0 amide bonds. The van der Waals surface area contributed by atoms with Crippen LogP contribution in [0.2, 0.25) is 10.0 Å². The van der Waals surface area contributed by atoms with E-state index in [1.54, 1.807) is 0 Å². The van der Waals surface area contributed by atoms with Crippen LogP contribution < -0.4 is 5.32 Å². The molecule has 0 aliphatic carbocycles. The summed E-state index contributed by atoms with van der Waals surface area (Å²) in [5.74, 6) is 0.637. The maximum Gasteiger partial charge on any atom is 0.0468 e. The SMILES string of the molecule is CC(C)C1CN(C(C)c2ccc(Cl)cc2Cl)C(C)CN1. The van der Waals surface area contributed by atoms with Gasteiger partial charge >= 0.3 is 0 Å². The highest BCUT2D eigenvalue weighted by atomic mass is 35.5. The van der Waals surface area contributed by atoms with Gasteiger partial charge in [-0.25, -0.2) is 0 Å². The fourth-order valence-electron chi connectivity index (χ4n) is 2.92. The Kier molecular flexibility index (Phi) is 5.36. The van der Waals surface area contributed by atoms with Crippen LogP contribution in [-0.2, 0) is 0 Å².